The number of hydrogen-bond acceptors (Lipinski definition) is 3. The standard InChI is InChI=1S/C32H36N2O2/c1-5-30-31(21-25(4)35)33(29-17-11-23(2)12-18-29)19-7-10-32(36)34(30)22-26-13-15-27(16-14-26)28-9-6-8-24(3)20-28/h5-6,8-9,11-18,20-21,25,35H,7,10,19,22H2,1-4H3/b30-5+,31-21+. The summed E-state index contributed by atoms with van der Waals surface area (Å²) in [7, 11) is 0. The average molecular weight is 481 g/mol. The lowest BCUT2D eigenvalue weighted by atomic mass is 10.0. The van der Waals surface area contributed by atoms with Crippen LogP contribution in [0.2, 0.25) is 0 Å². The van der Waals surface area contributed by atoms with E-state index in [1.165, 1.54) is 16.7 Å². The lowest BCUT2D eigenvalue weighted by molar-refractivity contribution is -0.129. The first-order chi connectivity index (χ1) is 17.4. The summed E-state index contributed by atoms with van der Waals surface area (Å²) in [6, 6.07) is 25.3. The summed E-state index contributed by atoms with van der Waals surface area (Å²) in [5.74, 6) is 0.103. The molecule has 0 aromatic heterocycles. The van der Waals surface area contributed by atoms with E-state index in [-0.39, 0.29) is 5.91 Å². The van der Waals surface area contributed by atoms with Gasteiger partial charge in [-0.05, 0) is 69.0 Å². The number of allylic oxidation sites excluding steroid dienone is 1. The van der Waals surface area contributed by atoms with Gasteiger partial charge in [-0.3, -0.25) is 4.79 Å². The van der Waals surface area contributed by atoms with Crippen LogP contribution in [0.15, 0.2) is 96.3 Å². The lowest BCUT2D eigenvalue weighted by Crippen LogP contribution is -2.39. The van der Waals surface area contributed by atoms with Crippen molar-refractivity contribution in [2.24, 2.45) is 0 Å². The van der Waals surface area contributed by atoms with E-state index in [0.717, 1.165) is 34.6 Å². The van der Waals surface area contributed by atoms with Gasteiger partial charge >= 0.3 is 0 Å². The largest absolute Gasteiger partial charge is 0.389 e. The maximum atomic E-state index is 13.4. The van der Waals surface area contributed by atoms with Crippen LogP contribution in [0.4, 0.5) is 5.69 Å². The molecule has 1 aliphatic rings. The molecule has 1 aliphatic heterocycles. The van der Waals surface area contributed by atoms with E-state index in [4.69, 9.17) is 0 Å². The van der Waals surface area contributed by atoms with Crippen LogP contribution in [0.5, 0.6) is 0 Å². The highest BCUT2D eigenvalue weighted by Gasteiger charge is 2.28. The fourth-order valence-corrected chi connectivity index (χ4v) is 4.74. The van der Waals surface area contributed by atoms with Gasteiger partial charge in [-0.2, -0.15) is 0 Å². The van der Waals surface area contributed by atoms with Gasteiger partial charge in [0.15, 0.2) is 0 Å². The van der Waals surface area contributed by atoms with Crippen molar-refractivity contribution in [2.75, 3.05) is 11.4 Å². The topological polar surface area (TPSA) is 43.8 Å². The van der Waals surface area contributed by atoms with Crippen molar-refractivity contribution in [3.8, 4) is 11.1 Å². The molecule has 1 atom stereocenters. The molecule has 1 heterocycles. The van der Waals surface area contributed by atoms with Crippen molar-refractivity contribution >= 4 is 11.6 Å². The normalized spacial score (nSPS) is 17.9. The summed E-state index contributed by atoms with van der Waals surface area (Å²) >= 11 is 0. The molecule has 0 spiro atoms. The van der Waals surface area contributed by atoms with E-state index in [0.29, 0.717) is 19.5 Å². The predicted molar refractivity (Wildman–Crippen MR) is 148 cm³/mol. The van der Waals surface area contributed by atoms with Crippen LogP contribution in [0.1, 0.15) is 43.4 Å². The molecule has 3 aromatic rings. The van der Waals surface area contributed by atoms with Gasteiger partial charge in [-0.25, -0.2) is 0 Å². The molecule has 0 radical (unpaired) electrons. The van der Waals surface area contributed by atoms with Gasteiger partial charge in [-0.1, -0.05) is 77.9 Å². The van der Waals surface area contributed by atoms with Crippen molar-refractivity contribution in [2.45, 2.75) is 53.2 Å². The molecule has 0 saturated carbocycles. The summed E-state index contributed by atoms with van der Waals surface area (Å²) in [5.41, 5.74) is 8.59. The van der Waals surface area contributed by atoms with Gasteiger partial charge in [0.1, 0.15) is 0 Å². The van der Waals surface area contributed by atoms with E-state index in [2.05, 4.69) is 91.5 Å². The van der Waals surface area contributed by atoms with E-state index in [9.17, 15) is 9.90 Å². The average Bonchev–Trinajstić information content (AvgIpc) is 2.86. The third-order valence-electron chi connectivity index (χ3n) is 6.58. The fourth-order valence-electron chi connectivity index (χ4n) is 4.74. The summed E-state index contributed by atoms with van der Waals surface area (Å²) in [5, 5.41) is 10.4. The Morgan fingerprint density at radius 1 is 0.917 bits per heavy atom. The molecule has 3 aromatic carbocycles. The van der Waals surface area contributed by atoms with Crippen LogP contribution < -0.4 is 4.90 Å². The monoisotopic (exact) mass is 480 g/mol. The van der Waals surface area contributed by atoms with Gasteiger partial charge in [-0.15, -0.1) is 0 Å². The first-order valence-electron chi connectivity index (χ1n) is 12.7. The minimum Gasteiger partial charge on any atom is -0.389 e. The maximum Gasteiger partial charge on any atom is 0.227 e. The molecule has 1 amide bonds. The zero-order valence-corrected chi connectivity index (χ0v) is 21.7. The number of anilines is 1. The third-order valence-corrected chi connectivity index (χ3v) is 6.58. The molecule has 1 N–H and O–H groups in total. The van der Waals surface area contributed by atoms with Crippen LogP contribution in [0.3, 0.4) is 0 Å². The molecular formula is C32H36N2O2. The predicted octanol–water partition coefficient (Wildman–Crippen LogP) is 6.77. The minimum absolute atomic E-state index is 0.103. The molecule has 1 fully saturated rings. The number of benzene rings is 3. The zero-order chi connectivity index (χ0) is 25.7. The Kier molecular flexibility index (Phi) is 8.07. The summed E-state index contributed by atoms with van der Waals surface area (Å²) in [6.45, 7) is 9.08. The van der Waals surface area contributed by atoms with E-state index < -0.39 is 6.10 Å². The first-order valence-corrected chi connectivity index (χ1v) is 12.7. The Morgan fingerprint density at radius 2 is 1.64 bits per heavy atom. The van der Waals surface area contributed by atoms with E-state index in [1.807, 2.05) is 24.0 Å². The molecule has 4 rings (SSSR count). The molecule has 0 aliphatic carbocycles. The van der Waals surface area contributed by atoms with Gasteiger partial charge in [0.25, 0.3) is 0 Å². The number of hydrogen-bond donors (Lipinski definition) is 1. The van der Waals surface area contributed by atoms with Crippen LogP contribution in [0.25, 0.3) is 11.1 Å². The summed E-state index contributed by atoms with van der Waals surface area (Å²) in [6.07, 6.45) is 4.40. The van der Waals surface area contributed by atoms with Crippen molar-refractivity contribution in [3.63, 3.8) is 0 Å². The van der Waals surface area contributed by atoms with Crippen LogP contribution in [0, 0.1) is 13.8 Å². The van der Waals surface area contributed by atoms with Gasteiger partial charge < -0.3 is 14.9 Å². The maximum absolute atomic E-state index is 13.4. The van der Waals surface area contributed by atoms with Crippen LogP contribution in [-0.4, -0.2) is 28.6 Å². The number of aryl methyl sites for hydroxylation is 2. The summed E-state index contributed by atoms with van der Waals surface area (Å²) in [4.78, 5) is 17.5. The van der Waals surface area contributed by atoms with Crippen molar-refractivity contribution in [1.82, 2.24) is 4.90 Å². The second-order valence-corrected chi connectivity index (χ2v) is 9.60. The number of aliphatic hydroxyl groups is 1. The molecular weight excluding hydrogens is 444 g/mol. The highest BCUT2D eigenvalue weighted by Crippen LogP contribution is 2.31. The van der Waals surface area contributed by atoms with Crippen molar-refractivity contribution in [3.05, 3.63) is 113 Å². The Bertz CT molecular complexity index is 1250. The Morgan fingerprint density at radius 3 is 2.28 bits per heavy atom. The quantitative estimate of drug-likeness (QED) is 0.438. The molecule has 4 heteroatoms. The molecule has 1 saturated heterocycles. The van der Waals surface area contributed by atoms with Crippen molar-refractivity contribution < 1.29 is 9.90 Å². The van der Waals surface area contributed by atoms with E-state index in [1.54, 1.807) is 6.92 Å². The number of carbonyl (C=O) groups excluding carboxylic acids is 1. The van der Waals surface area contributed by atoms with Crippen molar-refractivity contribution in [1.29, 1.82) is 0 Å². The smallest absolute Gasteiger partial charge is 0.227 e. The molecule has 4 nitrogen and oxygen atoms in total. The van der Waals surface area contributed by atoms with Crippen LogP contribution >= 0.6 is 0 Å². The van der Waals surface area contributed by atoms with Gasteiger partial charge in [0, 0.05) is 18.7 Å². The number of rotatable bonds is 5. The first kappa shape index (κ1) is 25.5. The van der Waals surface area contributed by atoms with Gasteiger partial charge in [0.2, 0.25) is 5.91 Å². The number of amides is 1. The second kappa shape index (κ2) is 11.4. The highest BCUT2D eigenvalue weighted by atomic mass is 16.3. The highest BCUT2D eigenvalue weighted by molar-refractivity contribution is 5.80. The third kappa shape index (κ3) is 5.95. The molecule has 36 heavy (non-hydrogen) atoms. The second-order valence-electron chi connectivity index (χ2n) is 9.60. The Labute approximate surface area is 215 Å². The van der Waals surface area contributed by atoms with Crippen LogP contribution in [-0.2, 0) is 11.3 Å². The Balaban J connectivity index is 1.67. The molecule has 186 valence electrons. The number of aliphatic hydroxyl groups excluding tert-OH is 1. The van der Waals surface area contributed by atoms with E-state index >= 15 is 0 Å². The fraction of sp³-hybridized carbons (Fsp3) is 0.281. The lowest BCUT2D eigenvalue weighted by Gasteiger charge is -2.37. The SMILES string of the molecule is C/C=C1\C(=C/C(C)O)N(c2ccc(C)cc2)CCCC(=O)N1Cc1ccc(-c2cccc(C)c2)cc1. The number of nitrogens with zero attached hydrogens (tertiary/aromatic N) is 2. The summed E-state index contributed by atoms with van der Waals surface area (Å²) < 4.78 is 0. The number of carbonyl (C=O) groups is 1. The Hall–Kier alpha value is -3.63. The zero-order valence-electron chi connectivity index (χ0n) is 21.7. The molecule has 0 bridgehead atoms. The minimum atomic E-state index is -0.645. The molecule has 1 unspecified atom stereocenters. The van der Waals surface area contributed by atoms with Gasteiger partial charge in [0.05, 0.1) is 24.0 Å².